The summed E-state index contributed by atoms with van der Waals surface area (Å²) in [6.45, 7) is 7.86. The highest BCUT2D eigenvalue weighted by atomic mass is 32.2. The lowest BCUT2D eigenvalue weighted by Crippen LogP contribution is -2.39. The summed E-state index contributed by atoms with van der Waals surface area (Å²) in [6, 6.07) is 0.189. The predicted octanol–water partition coefficient (Wildman–Crippen LogP) is 3.43. The molecule has 0 aliphatic carbocycles. The molecule has 0 bridgehead atoms. The number of aromatic nitrogens is 2. The molecule has 2 fully saturated rings. The van der Waals surface area contributed by atoms with Crippen molar-refractivity contribution in [1.29, 1.82) is 0 Å². The van der Waals surface area contributed by atoms with Gasteiger partial charge in [0.15, 0.2) is 5.82 Å². The molecular formula is C14H23N3OS2. The third-order valence-electron chi connectivity index (χ3n) is 4.27. The van der Waals surface area contributed by atoms with Crippen molar-refractivity contribution >= 4 is 23.5 Å². The Bertz CT molecular complexity index is 463. The molecule has 3 unspecified atom stereocenters. The Morgan fingerprint density at radius 1 is 1.30 bits per heavy atom. The largest absolute Gasteiger partial charge is 0.338 e. The number of hydrogen-bond acceptors (Lipinski definition) is 6. The van der Waals surface area contributed by atoms with E-state index in [1.165, 1.54) is 24.3 Å². The average molecular weight is 313 g/mol. The van der Waals surface area contributed by atoms with Crippen molar-refractivity contribution in [2.45, 2.75) is 50.2 Å². The molecule has 3 rings (SSSR count). The molecule has 2 saturated heterocycles. The Morgan fingerprint density at radius 2 is 2.10 bits per heavy atom. The van der Waals surface area contributed by atoms with E-state index >= 15 is 0 Å². The van der Waals surface area contributed by atoms with Crippen molar-refractivity contribution in [3.63, 3.8) is 0 Å². The van der Waals surface area contributed by atoms with E-state index in [1.54, 1.807) is 0 Å². The summed E-state index contributed by atoms with van der Waals surface area (Å²) in [7, 11) is 0. The van der Waals surface area contributed by atoms with E-state index in [9.17, 15) is 0 Å². The molecule has 112 valence electrons. The van der Waals surface area contributed by atoms with Crippen LogP contribution in [0.25, 0.3) is 0 Å². The summed E-state index contributed by atoms with van der Waals surface area (Å²) in [6.07, 6.45) is 2.42. The predicted molar refractivity (Wildman–Crippen MR) is 85.2 cm³/mol. The lowest BCUT2D eigenvalue weighted by Gasteiger charge is -2.36. The number of rotatable bonds is 2. The molecule has 1 aromatic heterocycles. The number of piperidine rings is 1. The molecule has 1 N–H and O–H groups in total. The highest BCUT2D eigenvalue weighted by Gasteiger charge is 2.38. The summed E-state index contributed by atoms with van der Waals surface area (Å²) < 4.78 is 5.60. The number of nitrogens with zero attached hydrogens (tertiary/aromatic N) is 2. The molecule has 0 saturated carbocycles. The van der Waals surface area contributed by atoms with Crippen LogP contribution in [0.15, 0.2) is 4.52 Å². The zero-order valence-electron chi connectivity index (χ0n) is 12.4. The Morgan fingerprint density at radius 3 is 2.85 bits per heavy atom. The third kappa shape index (κ3) is 2.88. The maximum Gasteiger partial charge on any atom is 0.244 e. The molecule has 20 heavy (non-hydrogen) atoms. The molecule has 2 aliphatic rings. The van der Waals surface area contributed by atoms with Gasteiger partial charge in [-0.2, -0.15) is 16.7 Å². The summed E-state index contributed by atoms with van der Waals surface area (Å²) in [4.78, 5) is 4.73. The first-order valence-corrected chi connectivity index (χ1v) is 9.48. The zero-order valence-corrected chi connectivity index (χ0v) is 14.0. The Labute approximate surface area is 129 Å². The van der Waals surface area contributed by atoms with Gasteiger partial charge in [0.2, 0.25) is 5.89 Å². The molecule has 0 spiro atoms. The Hall–Kier alpha value is -0.200. The molecule has 4 nitrogen and oxygen atoms in total. The van der Waals surface area contributed by atoms with Crippen molar-refractivity contribution in [3.05, 3.63) is 11.7 Å². The minimum atomic E-state index is 0.183. The SMILES string of the molecule is CC1SCCSC1c1noc(C2NCCCC2(C)C)n1. The van der Waals surface area contributed by atoms with Crippen LogP contribution in [0.3, 0.4) is 0 Å². The third-order valence-corrected chi connectivity index (χ3v) is 7.36. The standard InChI is InChI=1S/C14H23N3OS2/c1-9-10(20-8-7-19-9)12-16-13(18-17-12)11-14(2,3)5-4-6-15-11/h9-11,15H,4-8H2,1-3H3. The summed E-state index contributed by atoms with van der Waals surface area (Å²) >= 11 is 3.97. The molecule has 1 aromatic rings. The second-order valence-corrected chi connectivity index (χ2v) is 9.07. The van der Waals surface area contributed by atoms with Gasteiger partial charge in [-0.1, -0.05) is 25.9 Å². The van der Waals surface area contributed by atoms with Crippen LogP contribution in [0.2, 0.25) is 0 Å². The van der Waals surface area contributed by atoms with Gasteiger partial charge in [-0.15, -0.1) is 11.8 Å². The maximum atomic E-state index is 5.60. The van der Waals surface area contributed by atoms with Gasteiger partial charge in [-0.05, 0) is 24.8 Å². The second kappa shape index (κ2) is 5.89. The van der Waals surface area contributed by atoms with E-state index < -0.39 is 0 Å². The van der Waals surface area contributed by atoms with Gasteiger partial charge in [0.1, 0.15) is 0 Å². The summed E-state index contributed by atoms with van der Waals surface area (Å²) in [5.41, 5.74) is 0.183. The van der Waals surface area contributed by atoms with Gasteiger partial charge in [0, 0.05) is 16.8 Å². The van der Waals surface area contributed by atoms with Crippen LogP contribution < -0.4 is 5.32 Å². The summed E-state index contributed by atoms with van der Waals surface area (Å²) in [5.74, 6) is 4.06. The number of thioether (sulfide) groups is 2. The van der Waals surface area contributed by atoms with Crippen LogP contribution in [0.5, 0.6) is 0 Å². The Balaban J connectivity index is 1.79. The maximum absolute atomic E-state index is 5.60. The minimum absolute atomic E-state index is 0.183. The van der Waals surface area contributed by atoms with Gasteiger partial charge in [0.05, 0.1) is 11.3 Å². The van der Waals surface area contributed by atoms with Gasteiger partial charge in [-0.3, -0.25) is 0 Å². The molecule has 0 radical (unpaired) electrons. The van der Waals surface area contributed by atoms with Crippen LogP contribution >= 0.6 is 23.5 Å². The van der Waals surface area contributed by atoms with Crippen LogP contribution in [0.1, 0.15) is 56.6 Å². The normalized spacial score (nSPS) is 34.0. The Kier molecular flexibility index (Phi) is 4.34. The fourth-order valence-electron chi connectivity index (χ4n) is 3.03. The molecule has 3 heterocycles. The molecule has 3 atom stereocenters. The molecule has 2 aliphatic heterocycles. The first kappa shape index (κ1) is 14.7. The van der Waals surface area contributed by atoms with Crippen LogP contribution in [-0.2, 0) is 0 Å². The highest BCUT2D eigenvalue weighted by molar-refractivity contribution is 8.06. The quantitative estimate of drug-likeness (QED) is 0.903. The molecule has 0 aromatic carbocycles. The number of nitrogens with one attached hydrogen (secondary N) is 1. The lowest BCUT2D eigenvalue weighted by molar-refractivity contribution is 0.146. The molecule has 6 heteroatoms. The van der Waals surface area contributed by atoms with Crippen molar-refractivity contribution < 1.29 is 4.52 Å². The number of hydrogen-bond donors (Lipinski definition) is 1. The zero-order chi connectivity index (χ0) is 14.2. The van der Waals surface area contributed by atoms with E-state index in [4.69, 9.17) is 9.51 Å². The fraction of sp³-hybridized carbons (Fsp3) is 0.857. The molecule has 0 amide bonds. The second-order valence-electron chi connectivity index (χ2n) is 6.34. The van der Waals surface area contributed by atoms with Crippen LogP contribution in [0, 0.1) is 5.41 Å². The van der Waals surface area contributed by atoms with Crippen LogP contribution in [-0.4, -0.2) is 33.4 Å². The fourth-order valence-corrected chi connectivity index (χ4v) is 5.71. The topological polar surface area (TPSA) is 51.0 Å². The smallest absolute Gasteiger partial charge is 0.244 e. The van der Waals surface area contributed by atoms with Gasteiger partial charge in [-0.25, -0.2) is 0 Å². The van der Waals surface area contributed by atoms with E-state index in [0.717, 1.165) is 18.3 Å². The minimum Gasteiger partial charge on any atom is -0.338 e. The van der Waals surface area contributed by atoms with Gasteiger partial charge in [0.25, 0.3) is 0 Å². The van der Waals surface area contributed by atoms with E-state index in [0.29, 0.717) is 10.5 Å². The van der Waals surface area contributed by atoms with Gasteiger partial charge >= 0.3 is 0 Å². The van der Waals surface area contributed by atoms with Crippen molar-refractivity contribution in [1.82, 2.24) is 15.5 Å². The van der Waals surface area contributed by atoms with E-state index in [2.05, 4.69) is 31.2 Å². The van der Waals surface area contributed by atoms with Crippen molar-refractivity contribution in [2.75, 3.05) is 18.1 Å². The van der Waals surface area contributed by atoms with Gasteiger partial charge < -0.3 is 9.84 Å². The first-order chi connectivity index (χ1) is 9.58. The van der Waals surface area contributed by atoms with Crippen molar-refractivity contribution in [2.24, 2.45) is 5.41 Å². The van der Waals surface area contributed by atoms with Crippen molar-refractivity contribution in [3.8, 4) is 0 Å². The molecular weight excluding hydrogens is 290 g/mol. The lowest BCUT2D eigenvalue weighted by atomic mass is 9.77. The summed E-state index contributed by atoms with van der Waals surface area (Å²) in [5, 5.41) is 8.75. The average Bonchev–Trinajstić information content (AvgIpc) is 2.88. The monoisotopic (exact) mass is 313 g/mol. The first-order valence-electron chi connectivity index (χ1n) is 7.38. The van der Waals surface area contributed by atoms with Crippen LogP contribution in [0.4, 0.5) is 0 Å². The van der Waals surface area contributed by atoms with E-state index in [1.807, 2.05) is 23.5 Å². The van der Waals surface area contributed by atoms with E-state index in [-0.39, 0.29) is 11.5 Å². The highest BCUT2D eigenvalue weighted by Crippen LogP contribution is 2.43.